The molecule has 0 radical (unpaired) electrons. The van der Waals surface area contributed by atoms with E-state index in [1.165, 1.54) is 0 Å². The standard InChI is InChI=1S/C9H11N3O2S/c1-6(14)8(11-5-13)9-10-4-7-12(9)2-3-15-7/h2-6,8,14H,1H3,(H,11,13)/t6-,8+/m0/s1. The van der Waals surface area contributed by atoms with Crippen molar-refractivity contribution < 1.29 is 9.90 Å². The summed E-state index contributed by atoms with van der Waals surface area (Å²) in [6.07, 6.45) is 3.48. The van der Waals surface area contributed by atoms with E-state index >= 15 is 0 Å². The van der Waals surface area contributed by atoms with Gasteiger partial charge in [-0.3, -0.25) is 9.20 Å². The average molecular weight is 225 g/mol. The summed E-state index contributed by atoms with van der Waals surface area (Å²) < 4.78 is 1.86. The van der Waals surface area contributed by atoms with Crippen LogP contribution in [0.4, 0.5) is 0 Å². The number of nitrogens with zero attached hydrogens (tertiary/aromatic N) is 2. The zero-order chi connectivity index (χ0) is 10.8. The minimum Gasteiger partial charge on any atom is -0.391 e. The molecule has 5 nitrogen and oxygen atoms in total. The van der Waals surface area contributed by atoms with E-state index in [0.717, 1.165) is 4.83 Å². The highest BCUT2D eigenvalue weighted by molar-refractivity contribution is 7.15. The van der Waals surface area contributed by atoms with E-state index < -0.39 is 12.1 Å². The fraction of sp³-hybridized carbons (Fsp3) is 0.333. The number of nitrogens with one attached hydrogen (secondary N) is 1. The molecule has 0 saturated heterocycles. The highest BCUT2D eigenvalue weighted by Crippen LogP contribution is 2.20. The Kier molecular flexibility index (Phi) is 2.70. The lowest BCUT2D eigenvalue weighted by molar-refractivity contribution is -0.111. The second-order valence-corrected chi connectivity index (χ2v) is 4.16. The molecule has 0 unspecified atom stereocenters. The quantitative estimate of drug-likeness (QED) is 0.747. The van der Waals surface area contributed by atoms with E-state index in [1.807, 2.05) is 16.0 Å². The highest BCUT2D eigenvalue weighted by atomic mass is 32.1. The number of carbonyl (C=O) groups is 1. The monoisotopic (exact) mass is 225 g/mol. The Morgan fingerprint density at radius 1 is 1.73 bits per heavy atom. The molecule has 2 N–H and O–H groups in total. The van der Waals surface area contributed by atoms with Gasteiger partial charge in [-0.2, -0.15) is 0 Å². The van der Waals surface area contributed by atoms with Gasteiger partial charge < -0.3 is 10.4 Å². The van der Waals surface area contributed by atoms with Gasteiger partial charge in [0, 0.05) is 11.6 Å². The van der Waals surface area contributed by atoms with Gasteiger partial charge in [-0.1, -0.05) is 0 Å². The number of fused-ring (bicyclic) bond motifs is 1. The molecule has 0 bridgehead atoms. The number of aromatic nitrogens is 2. The molecule has 0 spiro atoms. The summed E-state index contributed by atoms with van der Waals surface area (Å²) in [5, 5.41) is 14.0. The molecule has 80 valence electrons. The van der Waals surface area contributed by atoms with Crippen molar-refractivity contribution in [3.05, 3.63) is 23.6 Å². The Morgan fingerprint density at radius 3 is 3.20 bits per heavy atom. The van der Waals surface area contributed by atoms with Crippen LogP contribution in [0, 0.1) is 0 Å². The molecule has 0 aromatic carbocycles. The molecule has 6 heteroatoms. The van der Waals surface area contributed by atoms with E-state index in [9.17, 15) is 9.90 Å². The lowest BCUT2D eigenvalue weighted by Crippen LogP contribution is -2.30. The zero-order valence-electron chi connectivity index (χ0n) is 8.12. The summed E-state index contributed by atoms with van der Waals surface area (Å²) in [5.74, 6) is 0.647. The number of aliphatic hydroxyl groups excluding tert-OH is 1. The van der Waals surface area contributed by atoms with Crippen LogP contribution < -0.4 is 5.32 Å². The average Bonchev–Trinajstić information content (AvgIpc) is 2.75. The summed E-state index contributed by atoms with van der Waals surface area (Å²) in [7, 11) is 0. The summed E-state index contributed by atoms with van der Waals surface area (Å²) in [4.78, 5) is 15.6. The minimum absolute atomic E-state index is 0.473. The van der Waals surface area contributed by atoms with Gasteiger partial charge in [-0.25, -0.2) is 4.98 Å². The molecule has 2 heterocycles. The number of aliphatic hydroxyl groups is 1. The fourth-order valence-electron chi connectivity index (χ4n) is 1.49. The molecule has 0 fully saturated rings. The number of thiazole rings is 1. The summed E-state index contributed by atoms with van der Waals surface area (Å²) in [6.45, 7) is 1.62. The normalized spacial score (nSPS) is 15.1. The van der Waals surface area contributed by atoms with E-state index in [0.29, 0.717) is 12.2 Å². The zero-order valence-corrected chi connectivity index (χ0v) is 8.94. The van der Waals surface area contributed by atoms with Crippen LogP contribution in [0.3, 0.4) is 0 Å². The van der Waals surface area contributed by atoms with E-state index in [-0.39, 0.29) is 0 Å². The Labute approximate surface area is 90.4 Å². The summed E-state index contributed by atoms with van der Waals surface area (Å²) >= 11 is 1.56. The largest absolute Gasteiger partial charge is 0.391 e. The lowest BCUT2D eigenvalue weighted by atomic mass is 10.2. The first-order valence-corrected chi connectivity index (χ1v) is 5.40. The molecule has 1 amide bonds. The molecule has 2 atom stereocenters. The molecule has 2 aromatic heterocycles. The maximum atomic E-state index is 10.4. The highest BCUT2D eigenvalue weighted by Gasteiger charge is 2.21. The van der Waals surface area contributed by atoms with Crippen molar-refractivity contribution in [3.8, 4) is 0 Å². The van der Waals surface area contributed by atoms with Gasteiger partial charge in [-0.15, -0.1) is 11.3 Å². The van der Waals surface area contributed by atoms with Gasteiger partial charge in [-0.05, 0) is 6.92 Å². The Balaban J connectivity index is 2.42. The van der Waals surface area contributed by atoms with Crippen LogP contribution >= 0.6 is 11.3 Å². The second-order valence-electron chi connectivity index (χ2n) is 3.23. The molecule has 15 heavy (non-hydrogen) atoms. The minimum atomic E-state index is -0.680. The van der Waals surface area contributed by atoms with Crippen LogP contribution in [-0.4, -0.2) is 27.0 Å². The van der Waals surface area contributed by atoms with Crippen LogP contribution in [-0.2, 0) is 4.79 Å². The van der Waals surface area contributed by atoms with Crippen molar-refractivity contribution in [1.29, 1.82) is 0 Å². The molecular formula is C9H11N3O2S. The first-order valence-electron chi connectivity index (χ1n) is 4.52. The smallest absolute Gasteiger partial charge is 0.207 e. The molecule has 0 aliphatic heterocycles. The van der Waals surface area contributed by atoms with Gasteiger partial charge >= 0.3 is 0 Å². The molecule has 2 aromatic rings. The van der Waals surface area contributed by atoms with Crippen molar-refractivity contribution in [2.24, 2.45) is 0 Å². The topological polar surface area (TPSA) is 66.6 Å². The predicted molar refractivity (Wildman–Crippen MR) is 56.7 cm³/mol. The molecule has 0 aliphatic rings. The maximum Gasteiger partial charge on any atom is 0.207 e. The number of hydrogen-bond donors (Lipinski definition) is 2. The summed E-state index contributed by atoms with van der Waals surface area (Å²) in [5.41, 5.74) is 0. The van der Waals surface area contributed by atoms with Crippen molar-refractivity contribution in [1.82, 2.24) is 14.7 Å². The molecule has 2 rings (SSSR count). The third kappa shape index (κ3) is 1.73. The van der Waals surface area contributed by atoms with Crippen LogP contribution in [0.15, 0.2) is 17.8 Å². The Bertz CT molecular complexity index is 463. The summed E-state index contributed by atoms with van der Waals surface area (Å²) in [6, 6.07) is -0.473. The molecule has 0 aliphatic carbocycles. The van der Waals surface area contributed by atoms with Crippen molar-refractivity contribution >= 4 is 22.6 Å². The van der Waals surface area contributed by atoms with Gasteiger partial charge in [0.1, 0.15) is 16.7 Å². The first-order chi connectivity index (χ1) is 7.24. The third-order valence-corrected chi connectivity index (χ3v) is 3.00. The van der Waals surface area contributed by atoms with Crippen LogP contribution in [0.5, 0.6) is 0 Å². The fourth-order valence-corrected chi connectivity index (χ4v) is 2.19. The lowest BCUT2D eigenvalue weighted by Gasteiger charge is -2.17. The van der Waals surface area contributed by atoms with Gasteiger partial charge in [0.25, 0.3) is 0 Å². The third-order valence-electron chi connectivity index (χ3n) is 2.20. The van der Waals surface area contributed by atoms with Crippen LogP contribution in [0.2, 0.25) is 0 Å². The second kappa shape index (κ2) is 4.00. The predicted octanol–water partition coefficient (Wildman–Crippen LogP) is 0.564. The van der Waals surface area contributed by atoms with Crippen LogP contribution in [0.1, 0.15) is 18.8 Å². The number of hydrogen-bond acceptors (Lipinski definition) is 4. The van der Waals surface area contributed by atoms with Gasteiger partial charge in [0.15, 0.2) is 0 Å². The van der Waals surface area contributed by atoms with Gasteiger partial charge in [0.2, 0.25) is 6.41 Å². The van der Waals surface area contributed by atoms with E-state index in [4.69, 9.17) is 0 Å². The first kappa shape index (κ1) is 10.1. The van der Waals surface area contributed by atoms with Gasteiger partial charge in [0.05, 0.1) is 12.3 Å². The van der Waals surface area contributed by atoms with Crippen molar-refractivity contribution in [2.75, 3.05) is 0 Å². The molecular weight excluding hydrogens is 214 g/mol. The van der Waals surface area contributed by atoms with Crippen LogP contribution in [0.25, 0.3) is 4.83 Å². The SMILES string of the molecule is C[C@H](O)[C@@H](NC=O)c1ncc2sccn12. The number of imidazole rings is 1. The van der Waals surface area contributed by atoms with E-state index in [1.54, 1.807) is 24.5 Å². The number of amides is 1. The maximum absolute atomic E-state index is 10.4. The number of rotatable bonds is 4. The van der Waals surface area contributed by atoms with Crippen molar-refractivity contribution in [2.45, 2.75) is 19.1 Å². The Morgan fingerprint density at radius 2 is 2.53 bits per heavy atom. The van der Waals surface area contributed by atoms with E-state index in [2.05, 4.69) is 10.3 Å². The number of carbonyl (C=O) groups excluding carboxylic acids is 1. The molecule has 0 saturated carbocycles. The Hall–Kier alpha value is -1.40. The van der Waals surface area contributed by atoms with Crippen molar-refractivity contribution in [3.63, 3.8) is 0 Å².